The van der Waals surface area contributed by atoms with Gasteiger partial charge < -0.3 is 10.8 Å². The third-order valence-electron chi connectivity index (χ3n) is 3.54. The Bertz CT molecular complexity index is 382. The van der Waals surface area contributed by atoms with Gasteiger partial charge in [-0.3, -0.25) is 0 Å². The lowest BCUT2D eigenvalue weighted by atomic mass is 9.81. The van der Waals surface area contributed by atoms with Gasteiger partial charge in [0.25, 0.3) is 0 Å². The molecule has 0 spiro atoms. The highest BCUT2D eigenvalue weighted by Gasteiger charge is 2.29. The predicted molar refractivity (Wildman–Crippen MR) is 65.4 cm³/mol. The Morgan fingerprint density at radius 1 is 1.47 bits per heavy atom. The zero-order chi connectivity index (χ0) is 12.5. The van der Waals surface area contributed by atoms with Crippen molar-refractivity contribution in [2.75, 3.05) is 6.61 Å². The third-order valence-corrected chi connectivity index (χ3v) is 3.54. The molecule has 1 aliphatic rings. The molecule has 0 bridgehead atoms. The maximum atomic E-state index is 9.33. The van der Waals surface area contributed by atoms with Gasteiger partial charge in [0.05, 0.1) is 17.9 Å². The van der Waals surface area contributed by atoms with E-state index in [1.807, 2.05) is 18.5 Å². The van der Waals surface area contributed by atoms with Gasteiger partial charge in [-0.05, 0) is 12.8 Å². The van der Waals surface area contributed by atoms with E-state index in [1.165, 1.54) is 25.0 Å². The smallest absolute Gasteiger partial charge is 0.0997 e. The number of hydrogen-bond acceptors (Lipinski definition) is 4. The Kier molecular flexibility index (Phi) is 3.49. The van der Waals surface area contributed by atoms with E-state index in [0.717, 1.165) is 5.69 Å². The molecular weight excluding hydrogens is 216 g/mol. The molecule has 1 fully saturated rings. The lowest BCUT2D eigenvalue weighted by Crippen LogP contribution is -2.27. The molecule has 0 amide bonds. The Labute approximate surface area is 102 Å². The molecule has 96 valence electrons. The van der Waals surface area contributed by atoms with Gasteiger partial charge in [-0.1, -0.05) is 25.5 Å². The quantitative estimate of drug-likeness (QED) is 0.803. The van der Waals surface area contributed by atoms with Crippen LogP contribution in [-0.4, -0.2) is 26.7 Å². The van der Waals surface area contributed by atoms with Crippen LogP contribution in [0.15, 0.2) is 0 Å². The number of nitrogens with zero attached hydrogens (tertiary/aromatic N) is 3. The highest BCUT2D eigenvalue weighted by molar-refractivity contribution is 5.18. The van der Waals surface area contributed by atoms with Crippen LogP contribution in [0.25, 0.3) is 0 Å². The van der Waals surface area contributed by atoms with Crippen LogP contribution in [0, 0.1) is 5.41 Å². The van der Waals surface area contributed by atoms with E-state index >= 15 is 0 Å². The summed E-state index contributed by atoms with van der Waals surface area (Å²) >= 11 is 0. The molecule has 5 nitrogen and oxygen atoms in total. The van der Waals surface area contributed by atoms with Gasteiger partial charge in [0, 0.05) is 24.5 Å². The molecule has 0 unspecified atom stereocenters. The van der Waals surface area contributed by atoms with Crippen LogP contribution in [0.1, 0.15) is 50.4 Å². The number of aliphatic hydroxyl groups excluding tert-OH is 1. The second-order valence-electron chi connectivity index (χ2n) is 5.73. The minimum atomic E-state index is -0.169. The first-order valence-electron chi connectivity index (χ1n) is 6.30. The molecule has 0 saturated heterocycles. The summed E-state index contributed by atoms with van der Waals surface area (Å²) in [5, 5.41) is 17.7. The number of aliphatic hydroxyl groups is 1. The molecule has 1 aliphatic carbocycles. The second kappa shape index (κ2) is 4.74. The SMILES string of the molecule is CC(C)(CO)Cn1nnc(CN)c1C1CCC1. The molecule has 0 atom stereocenters. The van der Waals surface area contributed by atoms with Crippen molar-refractivity contribution in [3.8, 4) is 0 Å². The Balaban J connectivity index is 2.24. The normalized spacial score (nSPS) is 17.2. The van der Waals surface area contributed by atoms with Gasteiger partial charge in [0.1, 0.15) is 0 Å². The lowest BCUT2D eigenvalue weighted by Gasteiger charge is -2.29. The average molecular weight is 238 g/mol. The van der Waals surface area contributed by atoms with Crippen molar-refractivity contribution in [3.63, 3.8) is 0 Å². The molecule has 0 radical (unpaired) electrons. The van der Waals surface area contributed by atoms with E-state index < -0.39 is 0 Å². The highest BCUT2D eigenvalue weighted by Crippen LogP contribution is 2.38. The molecule has 1 saturated carbocycles. The molecule has 1 aromatic rings. The standard InChI is InChI=1S/C12H22N4O/c1-12(2,8-17)7-16-11(9-4-3-5-9)10(6-13)14-15-16/h9,17H,3-8,13H2,1-2H3. The number of nitrogens with two attached hydrogens (primary N) is 1. The van der Waals surface area contributed by atoms with E-state index in [4.69, 9.17) is 5.73 Å². The summed E-state index contributed by atoms with van der Waals surface area (Å²) in [6.45, 7) is 5.35. The van der Waals surface area contributed by atoms with Gasteiger partial charge in [0.2, 0.25) is 0 Å². The average Bonchev–Trinajstić information content (AvgIpc) is 2.59. The maximum Gasteiger partial charge on any atom is 0.0997 e. The van der Waals surface area contributed by atoms with Crippen molar-refractivity contribution in [2.45, 2.75) is 52.1 Å². The molecule has 0 aliphatic heterocycles. The van der Waals surface area contributed by atoms with Crippen LogP contribution in [0.4, 0.5) is 0 Å². The lowest BCUT2D eigenvalue weighted by molar-refractivity contribution is 0.133. The Morgan fingerprint density at radius 2 is 2.18 bits per heavy atom. The number of hydrogen-bond donors (Lipinski definition) is 2. The van der Waals surface area contributed by atoms with Gasteiger partial charge in [0.15, 0.2) is 0 Å². The maximum absolute atomic E-state index is 9.33. The van der Waals surface area contributed by atoms with E-state index in [2.05, 4.69) is 10.3 Å². The summed E-state index contributed by atoms with van der Waals surface area (Å²) in [4.78, 5) is 0. The Morgan fingerprint density at radius 3 is 2.65 bits per heavy atom. The van der Waals surface area contributed by atoms with Crippen molar-refractivity contribution in [3.05, 3.63) is 11.4 Å². The van der Waals surface area contributed by atoms with Crippen LogP contribution < -0.4 is 5.73 Å². The molecule has 1 heterocycles. The minimum absolute atomic E-state index is 0.148. The van der Waals surface area contributed by atoms with Crippen LogP contribution in [0.2, 0.25) is 0 Å². The molecule has 5 heteroatoms. The summed E-state index contributed by atoms with van der Waals surface area (Å²) in [5.74, 6) is 0.568. The first-order chi connectivity index (χ1) is 8.07. The number of rotatable bonds is 5. The molecular formula is C12H22N4O. The highest BCUT2D eigenvalue weighted by atomic mass is 16.3. The molecule has 0 aromatic carbocycles. The second-order valence-corrected chi connectivity index (χ2v) is 5.73. The van der Waals surface area contributed by atoms with E-state index in [9.17, 15) is 5.11 Å². The van der Waals surface area contributed by atoms with Crippen molar-refractivity contribution in [1.82, 2.24) is 15.0 Å². The first-order valence-corrected chi connectivity index (χ1v) is 6.30. The van der Waals surface area contributed by atoms with Gasteiger partial charge in [-0.25, -0.2) is 4.68 Å². The molecule has 3 N–H and O–H groups in total. The monoisotopic (exact) mass is 238 g/mol. The summed E-state index contributed by atoms with van der Waals surface area (Å²) in [5.41, 5.74) is 7.66. The summed E-state index contributed by atoms with van der Waals surface area (Å²) in [6.07, 6.45) is 3.70. The van der Waals surface area contributed by atoms with Crippen LogP contribution >= 0.6 is 0 Å². The fraction of sp³-hybridized carbons (Fsp3) is 0.833. The zero-order valence-corrected chi connectivity index (χ0v) is 10.7. The molecule has 2 rings (SSSR count). The third kappa shape index (κ3) is 2.50. The van der Waals surface area contributed by atoms with Crippen molar-refractivity contribution in [2.24, 2.45) is 11.1 Å². The van der Waals surface area contributed by atoms with Crippen LogP contribution in [0.5, 0.6) is 0 Å². The van der Waals surface area contributed by atoms with Crippen molar-refractivity contribution < 1.29 is 5.11 Å². The van der Waals surface area contributed by atoms with Crippen molar-refractivity contribution >= 4 is 0 Å². The summed E-state index contributed by atoms with van der Waals surface area (Å²) in [7, 11) is 0. The van der Waals surface area contributed by atoms with Crippen molar-refractivity contribution in [1.29, 1.82) is 0 Å². The molecule has 17 heavy (non-hydrogen) atoms. The summed E-state index contributed by atoms with van der Waals surface area (Å²) in [6, 6.07) is 0. The zero-order valence-electron chi connectivity index (χ0n) is 10.7. The Hall–Kier alpha value is -0.940. The predicted octanol–water partition coefficient (Wildman–Crippen LogP) is 1.02. The molecule has 1 aromatic heterocycles. The van der Waals surface area contributed by atoms with Gasteiger partial charge in [-0.2, -0.15) is 0 Å². The number of aromatic nitrogens is 3. The van der Waals surface area contributed by atoms with Crippen LogP contribution in [0.3, 0.4) is 0 Å². The largest absolute Gasteiger partial charge is 0.396 e. The topological polar surface area (TPSA) is 77.0 Å². The fourth-order valence-electron chi connectivity index (χ4n) is 2.20. The van der Waals surface area contributed by atoms with Gasteiger partial charge in [-0.15, -0.1) is 5.10 Å². The fourth-order valence-corrected chi connectivity index (χ4v) is 2.20. The first kappa shape index (κ1) is 12.5. The summed E-state index contributed by atoms with van der Waals surface area (Å²) < 4.78 is 1.95. The van der Waals surface area contributed by atoms with E-state index in [1.54, 1.807) is 0 Å². The van der Waals surface area contributed by atoms with Gasteiger partial charge >= 0.3 is 0 Å². The van der Waals surface area contributed by atoms with E-state index in [-0.39, 0.29) is 12.0 Å². The van der Waals surface area contributed by atoms with Crippen LogP contribution in [-0.2, 0) is 13.1 Å². The minimum Gasteiger partial charge on any atom is -0.396 e. The van der Waals surface area contributed by atoms with E-state index in [0.29, 0.717) is 19.0 Å².